The molecular weight excluding hydrogens is 494 g/mol. The molecule has 2 aromatic carbocycles. The van der Waals surface area contributed by atoms with Crippen molar-refractivity contribution in [1.29, 1.82) is 0 Å². The first-order valence-corrected chi connectivity index (χ1v) is 13.3. The molecule has 0 radical (unpaired) electrons. The normalized spacial score (nSPS) is 15.1. The summed E-state index contributed by atoms with van der Waals surface area (Å²) in [6.45, 7) is 10.1. The van der Waals surface area contributed by atoms with Crippen LogP contribution in [-0.2, 0) is 4.74 Å². The van der Waals surface area contributed by atoms with Crippen LogP contribution in [-0.4, -0.2) is 82.7 Å². The minimum absolute atomic E-state index is 0.0493. The van der Waals surface area contributed by atoms with Gasteiger partial charge in [0, 0.05) is 62.7 Å². The molecule has 1 saturated heterocycles. The zero-order valence-electron chi connectivity index (χ0n) is 22.9. The number of pyridine rings is 1. The van der Waals surface area contributed by atoms with Crippen LogP contribution in [0.2, 0.25) is 0 Å². The fraction of sp³-hybridized carbons (Fsp3) is 0.367. The van der Waals surface area contributed by atoms with Gasteiger partial charge < -0.3 is 24.1 Å². The summed E-state index contributed by atoms with van der Waals surface area (Å²) in [6, 6.07) is 17.2. The number of rotatable bonds is 9. The highest BCUT2D eigenvalue weighted by Gasteiger charge is 2.23. The Balaban J connectivity index is 1.34. The molecule has 9 nitrogen and oxygen atoms in total. The molecule has 0 saturated carbocycles. The maximum atomic E-state index is 13.0. The van der Waals surface area contributed by atoms with Gasteiger partial charge in [-0.05, 0) is 69.3 Å². The van der Waals surface area contributed by atoms with Gasteiger partial charge >= 0.3 is 0 Å². The maximum absolute atomic E-state index is 13.0. The van der Waals surface area contributed by atoms with E-state index in [1.165, 1.54) is 0 Å². The molecule has 1 N–H and O–H groups in total. The smallest absolute Gasteiger partial charge is 0.253 e. The fourth-order valence-corrected chi connectivity index (χ4v) is 4.74. The number of nitrogens with zero attached hydrogens (tertiary/aromatic N) is 4. The molecule has 2 aromatic heterocycles. The third-order valence-corrected chi connectivity index (χ3v) is 6.82. The third-order valence-electron chi connectivity index (χ3n) is 6.82. The number of methoxy groups -OCH3 is 1. The van der Waals surface area contributed by atoms with Crippen molar-refractivity contribution >= 4 is 17.1 Å². The summed E-state index contributed by atoms with van der Waals surface area (Å²) < 4.78 is 17.5. The number of H-pyrrole nitrogens is 1. The van der Waals surface area contributed by atoms with E-state index in [1.807, 2.05) is 66.4 Å². The zero-order valence-corrected chi connectivity index (χ0v) is 22.9. The Morgan fingerprint density at radius 3 is 2.41 bits per heavy atom. The molecule has 1 fully saturated rings. The number of fused-ring (bicyclic) bond motifs is 1. The lowest BCUT2D eigenvalue weighted by atomic mass is 10.1. The highest BCUT2D eigenvalue weighted by molar-refractivity contribution is 5.94. The van der Waals surface area contributed by atoms with Crippen LogP contribution >= 0.6 is 0 Å². The molecule has 0 spiro atoms. The first-order valence-electron chi connectivity index (χ1n) is 13.3. The predicted octanol–water partition coefficient (Wildman–Crippen LogP) is 5.00. The van der Waals surface area contributed by atoms with E-state index in [2.05, 4.69) is 33.7 Å². The number of amides is 1. The van der Waals surface area contributed by atoms with E-state index in [1.54, 1.807) is 13.3 Å². The van der Waals surface area contributed by atoms with Crippen molar-refractivity contribution in [3.63, 3.8) is 0 Å². The summed E-state index contributed by atoms with van der Waals surface area (Å²) in [7, 11) is 1.65. The molecule has 0 aliphatic carbocycles. The summed E-state index contributed by atoms with van der Waals surface area (Å²) in [6.07, 6.45) is 1.58. The third kappa shape index (κ3) is 6.38. The van der Waals surface area contributed by atoms with Gasteiger partial charge in [0.15, 0.2) is 5.65 Å². The number of ether oxygens (including phenoxy) is 3. The summed E-state index contributed by atoms with van der Waals surface area (Å²) in [5, 5.41) is 0. The predicted molar refractivity (Wildman–Crippen MR) is 150 cm³/mol. The van der Waals surface area contributed by atoms with E-state index in [0.29, 0.717) is 46.9 Å². The van der Waals surface area contributed by atoms with Crippen molar-refractivity contribution in [2.24, 2.45) is 0 Å². The van der Waals surface area contributed by atoms with Gasteiger partial charge in [-0.2, -0.15) is 0 Å². The Bertz CT molecular complexity index is 1380. The van der Waals surface area contributed by atoms with Gasteiger partial charge in [-0.25, -0.2) is 9.97 Å². The number of carbonyl (C=O) groups is 1. The number of imidazole rings is 1. The van der Waals surface area contributed by atoms with Crippen molar-refractivity contribution in [2.45, 2.75) is 32.9 Å². The van der Waals surface area contributed by atoms with E-state index in [4.69, 9.17) is 14.2 Å². The standard InChI is InChI=1S/C30H35N5O4/c1-20(2)34-12-14-35(15-13-34)30(36)22-7-9-24(10-8-22)39-26-17-23(16-25(18-26)38-21(3)19-37-4)28-32-27-6-5-11-31-29(27)33-28/h5-11,16-18,20-21H,12-15,19H2,1-4H3,(H,31,32,33)/t21-/m0/s1. The van der Waals surface area contributed by atoms with Gasteiger partial charge in [-0.15, -0.1) is 0 Å². The quantitative estimate of drug-likeness (QED) is 0.326. The van der Waals surface area contributed by atoms with Gasteiger partial charge in [-0.3, -0.25) is 9.69 Å². The Kier molecular flexibility index (Phi) is 8.09. The molecule has 3 heterocycles. The van der Waals surface area contributed by atoms with Crippen LogP contribution < -0.4 is 9.47 Å². The molecule has 9 heteroatoms. The molecule has 1 aliphatic heterocycles. The van der Waals surface area contributed by atoms with Crippen LogP contribution in [0.5, 0.6) is 17.2 Å². The number of aromatic amines is 1. The van der Waals surface area contributed by atoms with Gasteiger partial charge in [0.25, 0.3) is 5.91 Å². The van der Waals surface area contributed by atoms with Crippen LogP contribution in [0, 0.1) is 0 Å². The second-order valence-electron chi connectivity index (χ2n) is 10.1. The highest BCUT2D eigenvalue weighted by Crippen LogP contribution is 2.33. The van der Waals surface area contributed by atoms with Crippen molar-refractivity contribution < 1.29 is 19.0 Å². The van der Waals surface area contributed by atoms with Gasteiger partial charge in [0.2, 0.25) is 0 Å². The molecular formula is C30H35N5O4. The second kappa shape index (κ2) is 11.8. The lowest BCUT2D eigenvalue weighted by Gasteiger charge is -2.37. The first kappa shape index (κ1) is 26.6. The topological polar surface area (TPSA) is 92.8 Å². The van der Waals surface area contributed by atoms with E-state index in [-0.39, 0.29) is 12.0 Å². The summed E-state index contributed by atoms with van der Waals surface area (Å²) >= 11 is 0. The molecule has 4 aromatic rings. The van der Waals surface area contributed by atoms with E-state index < -0.39 is 0 Å². The largest absolute Gasteiger partial charge is 0.488 e. The first-order chi connectivity index (χ1) is 18.9. The van der Waals surface area contributed by atoms with Gasteiger partial charge in [0.1, 0.15) is 34.7 Å². The van der Waals surface area contributed by atoms with Crippen LogP contribution in [0.25, 0.3) is 22.6 Å². The number of piperazine rings is 1. The number of benzene rings is 2. The number of carbonyl (C=O) groups excluding carboxylic acids is 1. The van der Waals surface area contributed by atoms with E-state index in [0.717, 1.165) is 37.3 Å². The summed E-state index contributed by atoms with van der Waals surface area (Å²) in [5.74, 6) is 2.55. The minimum atomic E-state index is -0.150. The Morgan fingerprint density at radius 1 is 0.974 bits per heavy atom. The van der Waals surface area contributed by atoms with Crippen LogP contribution in [0.3, 0.4) is 0 Å². The van der Waals surface area contributed by atoms with Crippen molar-refractivity contribution in [3.8, 4) is 28.6 Å². The Morgan fingerprint density at radius 2 is 1.72 bits per heavy atom. The lowest BCUT2D eigenvalue weighted by molar-refractivity contribution is 0.0595. The monoisotopic (exact) mass is 529 g/mol. The number of nitrogens with one attached hydrogen (secondary N) is 1. The SMILES string of the molecule is COC[C@H](C)Oc1cc(Oc2ccc(C(=O)N3CCN(C(C)C)CC3)cc2)cc(-c2nc3cccnc3[nH]2)c1. The highest BCUT2D eigenvalue weighted by atomic mass is 16.5. The Hall–Kier alpha value is -3.95. The molecule has 204 valence electrons. The zero-order chi connectivity index (χ0) is 27.4. The molecule has 1 amide bonds. The molecule has 1 atom stereocenters. The number of aromatic nitrogens is 3. The van der Waals surface area contributed by atoms with Crippen molar-refractivity contribution in [2.75, 3.05) is 39.9 Å². The van der Waals surface area contributed by atoms with Crippen molar-refractivity contribution in [3.05, 3.63) is 66.4 Å². The molecule has 0 unspecified atom stereocenters. The van der Waals surface area contributed by atoms with Gasteiger partial charge in [0.05, 0.1) is 6.61 Å². The number of hydrogen-bond donors (Lipinski definition) is 1. The molecule has 5 rings (SSSR count). The van der Waals surface area contributed by atoms with Crippen molar-refractivity contribution in [1.82, 2.24) is 24.8 Å². The maximum Gasteiger partial charge on any atom is 0.253 e. The lowest BCUT2D eigenvalue weighted by Crippen LogP contribution is -2.50. The number of hydrogen-bond acceptors (Lipinski definition) is 7. The molecule has 0 bridgehead atoms. The fourth-order valence-electron chi connectivity index (χ4n) is 4.74. The van der Waals surface area contributed by atoms with E-state index >= 15 is 0 Å². The van der Waals surface area contributed by atoms with Crippen LogP contribution in [0.4, 0.5) is 0 Å². The second-order valence-corrected chi connectivity index (χ2v) is 10.1. The van der Waals surface area contributed by atoms with E-state index in [9.17, 15) is 4.79 Å². The molecule has 39 heavy (non-hydrogen) atoms. The summed E-state index contributed by atoms with van der Waals surface area (Å²) in [5.41, 5.74) is 2.94. The van der Waals surface area contributed by atoms with Crippen LogP contribution in [0.15, 0.2) is 60.8 Å². The Labute approximate surface area is 228 Å². The average molecular weight is 530 g/mol. The molecule has 1 aliphatic rings. The minimum Gasteiger partial charge on any atom is -0.488 e. The van der Waals surface area contributed by atoms with Gasteiger partial charge in [-0.1, -0.05) is 0 Å². The van der Waals surface area contributed by atoms with Crippen LogP contribution in [0.1, 0.15) is 31.1 Å². The summed E-state index contributed by atoms with van der Waals surface area (Å²) in [4.78, 5) is 29.7. The average Bonchev–Trinajstić information content (AvgIpc) is 3.38.